The molecule has 1 rings (SSSR count). The van der Waals surface area contributed by atoms with Gasteiger partial charge in [0.1, 0.15) is 0 Å². The van der Waals surface area contributed by atoms with E-state index < -0.39 is 18.3 Å². The maximum Gasteiger partial charge on any atom is 0.0900 e. The molecule has 9 nitrogen and oxygen atoms in total. The molecule has 1 saturated heterocycles. The van der Waals surface area contributed by atoms with Gasteiger partial charge < -0.3 is 29.5 Å². The molecule has 1 heterocycles. The molecule has 0 aromatic carbocycles. The lowest BCUT2D eigenvalue weighted by Gasteiger charge is -2.30. The fraction of sp³-hybridized carbons (Fsp3) is 1.00. The number of β-amino-alcohol motifs (C(OH)–C–C–N with tert-alkyl or cyclic N) is 3. The van der Waals surface area contributed by atoms with Crippen LogP contribution < -0.4 is 0 Å². The highest BCUT2D eigenvalue weighted by Crippen LogP contribution is 2.11. The van der Waals surface area contributed by atoms with Crippen LogP contribution in [0, 0.1) is 0 Å². The number of hydrogen-bond donors (Lipinski definition) is 3. The van der Waals surface area contributed by atoms with E-state index in [9.17, 15) is 15.3 Å². The van der Waals surface area contributed by atoms with Gasteiger partial charge in [-0.3, -0.25) is 14.7 Å². The highest BCUT2D eigenvalue weighted by molar-refractivity contribution is 4.77. The summed E-state index contributed by atoms with van der Waals surface area (Å²) in [4.78, 5) is 6.74. The standard InChI is InChI=1S/C27H57N3O6/c1-25(2,3)34-19-22(31)16-28-10-12-29(17-23(32)20-35-26(4,5)6)14-15-30(13-11-28)18-24(33)21-36-27(7,8)9/h22-24,31-33H,10-21H2,1-9H3/t22-,23-,24-/m1/s1. The molecule has 0 saturated carbocycles. The van der Waals surface area contributed by atoms with Crippen molar-refractivity contribution in [2.45, 2.75) is 97.4 Å². The SMILES string of the molecule is CC(C)(C)OC[C@H](O)CN1CCN(C[C@@H](O)COC(C)(C)C)CCN(C[C@@H](O)COC(C)(C)C)CC1. The predicted octanol–water partition coefficient (Wildman–Crippen LogP) is 1.43. The van der Waals surface area contributed by atoms with Crippen LogP contribution in [0.5, 0.6) is 0 Å². The highest BCUT2D eigenvalue weighted by Gasteiger charge is 2.24. The largest absolute Gasteiger partial charge is 0.389 e. The number of aliphatic hydroxyl groups excluding tert-OH is 3. The quantitative estimate of drug-likeness (QED) is 0.354. The second-order valence-electron chi connectivity index (χ2n) is 13.1. The van der Waals surface area contributed by atoms with Gasteiger partial charge in [-0.25, -0.2) is 0 Å². The molecule has 0 unspecified atom stereocenters. The molecule has 0 aliphatic carbocycles. The summed E-state index contributed by atoms with van der Waals surface area (Å²) < 4.78 is 17.3. The molecule has 0 aromatic rings. The number of rotatable bonds is 12. The summed E-state index contributed by atoms with van der Waals surface area (Å²) in [7, 11) is 0. The Labute approximate surface area is 220 Å². The first-order valence-corrected chi connectivity index (χ1v) is 13.5. The lowest BCUT2D eigenvalue weighted by molar-refractivity contribution is -0.0592. The molecule has 9 heteroatoms. The van der Waals surface area contributed by atoms with Crippen LogP contribution in [0.25, 0.3) is 0 Å². The normalized spacial score (nSPS) is 21.0. The van der Waals surface area contributed by atoms with Crippen molar-refractivity contribution in [3.63, 3.8) is 0 Å². The Hall–Kier alpha value is -0.360. The first-order chi connectivity index (χ1) is 16.4. The molecule has 0 spiro atoms. The number of aliphatic hydroxyl groups is 3. The zero-order valence-electron chi connectivity index (χ0n) is 24.6. The van der Waals surface area contributed by atoms with Crippen molar-refractivity contribution in [1.82, 2.24) is 14.7 Å². The third-order valence-corrected chi connectivity index (χ3v) is 5.73. The number of ether oxygens (including phenoxy) is 3. The minimum atomic E-state index is -0.580. The second-order valence-corrected chi connectivity index (χ2v) is 13.1. The minimum absolute atomic E-state index is 0.291. The molecule has 36 heavy (non-hydrogen) atoms. The van der Waals surface area contributed by atoms with Crippen molar-refractivity contribution in [2.24, 2.45) is 0 Å². The first kappa shape index (κ1) is 33.7. The maximum atomic E-state index is 10.6. The Balaban J connectivity index is 2.78. The molecule has 216 valence electrons. The van der Waals surface area contributed by atoms with E-state index in [1.54, 1.807) is 0 Å². The third-order valence-electron chi connectivity index (χ3n) is 5.73. The van der Waals surface area contributed by atoms with Crippen molar-refractivity contribution in [1.29, 1.82) is 0 Å². The first-order valence-electron chi connectivity index (χ1n) is 13.5. The van der Waals surface area contributed by atoms with Gasteiger partial charge in [0, 0.05) is 58.9 Å². The highest BCUT2D eigenvalue weighted by atomic mass is 16.5. The fourth-order valence-electron chi connectivity index (χ4n) is 3.82. The Kier molecular flexibility index (Phi) is 14.3. The summed E-state index contributed by atoms with van der Waals surface area (Å²) in [6.07, 6.45) is -1.74. The number of hydrogen-bond acceptors (Lipinski definition) is 9. The van der Waals surface area contributed by atoms with Crippen LogP contribution in [0.3, 0.4) is 0 Å². The van der Waals surface area contributed by atoms with Gasteiger partial charge in [-0.1, -0.05) is 0 Å². The summed E-state index contributed by atoms with van der Waals surface area (Å²) in [5.74, 6) is 0. The molecule has 0 amide bonds. The lowest BCUT2D eigenvalue weighted by atomic mass is 10.2. The summed E-state index contributed by atoms with van der Waals surface area (Å²) >= 11 is 0. The topological polar surface area (TPSA) is 98.1 Å². The van der Waals surface area contributed by atoms with E-state index in [2.05, 4.69) is 14.7 Å². The predicted molar refractivity (Wildman–Crippen MR) is 144 cm³/mol. The molecule has 1 fully saturated rings. The number of nitrogens with zero attached hydrogens (tertiary/aromatic N) is 3. The third kappa shape index (κ3) is 18.0. The van der Waals surface area contributed by atoms with E-state index in [-0.39, 0.29) is 16.8 Å². The zero-order valence-corrected chi connectivity index (χ0v) is 24.6. The van der Waals surface area contributed by atoms with Gasteiger partial charge in [0.05, 0.1) is 54.9 Å². The van der Waals surface area contributed by atoms with Gasteiger partial charge in [-0.2, -0.15) is 0 Å². The molecule has 3 N–H and O–H groups in total. The Morgan fingerprint density at radius 3 is 0.833 bits per heavy atom. The fourth-order valence-corrected chi connectivity index (χ4v) is 3.82. The van der Waals surface area contributed by atoms with Gasteiger partial charge in [0.2, 0.25) is 0 Å². The van der Waals surface area contributed by atoms with Crippen molar-refractivity contribution in [3.05, 3.63) is 0 Å². The van der Waals surface area contributed by atoms with Crippen molar-refractivity contribution in [2.75, 3.05) is 78.7 Å². The molecular formula is C27H57N3O6. The molecule has 0 radical (unpaired) electrons. The molecule has 1 aliphatic heterocycles. The average Bonchev–Trinajstić information content (AvgIpc) is 2.80. The van der Waals surface area contributed by atoms with Gasteiger partial charge in [-0.05, 0) is 62.3 Å². The van der Waals surface area contributed by atoms with E-state index in [1.165, 1.54) is 0 Å². The van der Waals surface area contributed by atoms with E-state index in [0.717, 1.165) is 39.3 Å². The average molecular weight is 520 g/mol. The molecule has 1 aliphatic rings. The van der Waals surface area contributed by atoms with Gasteiger partial charge >= 0.3 is 0 Å². The summed E-state index contributed by atoms with van der Waals surface area (Å²) in [6, 6.07) is 0. The van der Waals surface area contributed by atoms with E-state index >= 15 is 0 Å². The molecule has 0 bridgehead atoms. The zero-order chi connectivity index (χ0) is 27.6. The summed E-state index contributed by atoms with van der Waals surface area (Å²) in [5.41, 5.74) is -0.878. The monoisotopic (exact) mass is 519 g/mol. The van der Waals surface area contributed by atoms with Gasteiger partial charge in [0.25, 0.3) is 0 Å². The van der Waals surface area contributed by atoms with Gasteiger partial charge in [0.15, 0.2) is 0 Å². The molecule has 0 aromatic heterocycles. The Bertz CT molecular complexity index is 495. The van der Waals surface area contributed by atoms with Crippen LogP contribution in [0.2, 0.25) is 0 Å². The Morgan fingerprint density at radius 2 is 0.667 bits per heavy atom. The summed E-state index contributed by atoms with van der Waals surface area (Å²) in [6.45, 7) is 25.0. The van der Waals surface area contributed by atoms with E-state index in [4.69, 9.17) is 14.2 Å². The molecule has 3 atom stereocenters. The van der Waals surface area contributed by atoms with Crippen LogP contribution in [0.1, 0.15) is 62.3 Å². The molecular weight excluding hydrogens is 462 g/mol. The van der Waals surface area contributed by atoms with Crippen molar-refractivity contribution < 1.29 is 29.5 Å². The summed E-state index contributed by atoms with van der Waals surface area (Å²) in [5, 5.41) is 31.8. The minimum Gasteiger partial charge on any atom is -0.389 e. The van der Waals surface area contributed by atoms with Crippen LogP contribution in [-0.4, -0.2) is 144 Å². The van der Waals surface area contributed by atoms with Crippen molar-refractivity contribution in [3.8, 4) is 0 Å². The lowest BCUT2D eigenvalue weighted by Crippen LogP contribution is -2.44. The Morgan fingerprint density at radius 1 is 0.472 bits per heavy atom. The van der Waals surface area contributed by atoms with Crippen LogP contribution in [0.4, 0.5) is 0 Å². The van der Waals surface area contributed by atoms with E-state index in [0.29, 0.717) is 39.5 Å². The maximum absolute atomic E-state index is 10.6. The van der Waals surface area contributed by atoms with Crippen molar-refractivity contribution >= 4 is 0 Å². The second kappa shape index (κ2) is 15.3. The van der Waals surface area contributed by atoms with Gasteiger partial charge in [-0.15, -0.1) is 0 Å². The van der Waals surface area contributed by atoms with Crippen LogP contribution >= 0.6 is 0 Å². The van der Waals surface area contributed by atoms with Crippen LogP contribution in [-0.2, 0) is 14.2 Å². The van der Waals surface area contributed by atoms with E-state index in [1.807, 2.05) is 62.3 Å². The van der Waals surface area contributed by atoms with Crippen LogP contribution in [0.15, 0.2) is 0 Å². The smallest absolute Gasteiger partial charge is 0.0900 e.